The molecule has 2 aromatic rings. The number of halogens is 1. The number of hydrogen-bond donors (Lipinski definition) is 3. The zero-order valence-electron chi connectivity index (χ0n) is 13.3. The lowest BCUT2D eigenvalue weighted by Crippen LogP contribution is -2.50. The first-order chi connectivity index (χ1) is 12.0. The van der Waals surface area contributed by atoms with Crippen molar-refractivity contribution in [2.45, 2.75) is 5.66 Å². The summed E-state index contributed by atoms with van der Waals surface area (Å²) >= 11 is 0. The van der Waals surface area contributed by atoms with Crippen LogP contribution < -0.4 is 21.3 Å². The second-order valence-corrected chi connectivity index (χ2v) is 5.77. The third kappa shape index (κ3) is 2.30. The second kappa shape index (κ2) is 5.30. The lowest BCUT2D eigenvalue weighted by Gasteiger charge is -2.26. The van der Waals surface area contributed by atoms with E-state index in [0.717, 1.165) is 5.69 Å². The Morgan fingerprint density at radius 2 is 1.88 bits per heavy atom. The van der Waals surface area contributed by atoms with E-state index < -0.39 is 5.66 Å². The summed E-state index contributed by atoms with van der Waals surface area (Å²) in [4.78, 5) is 23.2. The molecule has 0 aromatic heterocycles. The lowest BCUT2D eigenvalue weighted by atomic mass is 10.0. The highest BCUT2D eigenvalue weighted by Crippen LogP contribution is 2.43. The van der Waals surface area contributed by atoms with Crippen LogP contribution in [0, 0.1) is 5.82 Å². The van der Waals surface area contributed by atoms with Crippen LogP contribution in [-0.4, -0.2) is 24.9 Å². The molecule has 1 amide bonds. The van der Waals surface area contributed by atoms with Gasteiger partial charge in [-0.15, -0.1) is 0 Å². The highest BCUT2D eigenvalue weighted by Gasteiger charge is 2.52. The van der Waals surface area contributed by atoms with Crippen molar-refractivity contribution in [3.63, 3.8) is 0 Å². The molecule has 0 fully saturated rings. The van der Waals surface area contributed by atoms with Crippen molar-refractivity contribution in [3.8, 4) is 0 Å². The van der Waals surface area contributed by atoms with E-state index >= 15 is 0 Å². The van der Waals surface area contributed by atoms with Crippen LogP contribution in [0.25, 0.3) is 0 Å². The van der Waals surface area contributed by atoms with Crippen LogP contribution >= 0.6 is 0 Å². The zero-order chi connectivity index (χ0) is 17.6. The van der Waals surface area contributed by atoms with E-state index in [-0.39, 0.29) is 23.6 Å². The minimum absolute atomic E-state index is 0.0677. The highest BCUT2D eigenvalue weighted by molar-refractivity contribution is 6.14. The lowest BCUT2D eigenvalue weighted by molar-refractivity contribution is -0.122. The average molecular weight is 338 g/mol. The van der Waals surface area contributed by atoms with Gasteiger partial charge < -0.3 is 16.0 Å². The molecule has 8 heteroatoms. The van der Waals surface area contributed by atoms with Gasteiger partial charge in [0.15, 0.2) is 5.96 Å². The normalized spacial score (nSPS) is 21.5. The van der Waals surface area contributed by atoms with Crippen LogP contribution in [0.2, 0.25) is 0 Å². The molecule has 1 atom stereocenters. The summed E-state index contributed by atoms with van der Waals surface area (Å²) in [5.74, 6) is -0.310. The van der Waals surface area contributed by atoms with Crippen LogP contribution in [0.5, 0.6) is 0 Å². The van der Waals surface area contributed by atoms with Crippen LogP contribution in [0.4, 0.5) is 15.8 Å². The summed E-state index contributed by atoms with van der Waals surface area (Å²) in [6, 6.07) is 13.1. The number of carbonyl (C=O) groups is 1. The second-order valence-electron chi connectivity index (χ2n) is 5.77. The summed E-state index contributed by atoms with van der Waals surface area (Å²) in [6.07, 6.45) is 0. The third-order valence-corrected chi connectivity index (χ3v) is 4.15. The van der Waals surface area contributed by atoms with Gasteiger partial charge in [-0.2, -0.15) is 0 Å². The maximum atomic E-state index is 13.1. The van der Waals surface area contributed by atoms with Gasteiger partial charge in [-0.05, 0) is 30.3 Å². The molecule has 4 N–H and O–H groups in total. The molecule has 0 aliphatic carbocycles. The minimum atomic E-state index is -1.46. The number of hydrogen-bond acceptors (Lipinski definition) is 6. The van der Waals surface area contributed by atoms with Crippen LogP contribution in [0.1, 0.15) is 5.56 Å². The fraction of sp³-hybridized carbons (Fsp3) is 0.118. The van der Waals surface area contributed by atoms with Crippen LogP contribution in [-0.2, 0) is 10.5 Å². The number of likely N-dealkylation sites (N-methyl/N-ethyl adjacent to an activating group) is 1. The first-order valence-electron chi connectivity index (χ1n) is 7.62. The van der Waals surface area contributed by atoms with Gasteiger partial charge in [0.2, 0.25) is 5.96 Å². The number of amides is 1. The molecule has 7 nitrogen and oxygen atoms in total. The summed E-state index contributed by atoms with van der Waals surface area (Å²) in [5.41, 5.74) is 6.45. The Morgan fingerprint density at radius 3 is 2.64 bits per heavy atom. The Kier molecular flexibility index (Phi) is 3.21. The van der Waals surface area contributed by atoms with Crippen molar-refractivity contribution in [2.75, 3.05) is 17.3 Å². The Morgan fingerprint density at radius 1 is 1.16 bits per heavy atom. The number of carbonyl (C=O) groups excluding carboxylic acids is 1. The Labute approximate surface area is 143 Å². The number of anilines is 2. The monoisotopic (exact) mass is 338 g/mol. The van der Waals surface area contributed by atoms with Crippen molar-refractivity contribution in [3.05, 3.63) is 59.9 Å². The highest BCUT2D eigenvalue weighted by atomic mass is 19.1. The molecule has 2 aliphatic heterocycles. The Hall–Kier alpha value is -3.42. The molecule has 25 heavy (non-hydrogen) atoms. The molecule has 0 bridgehead atoms. The van der Waals surface area contributed by atoms with Gasteiger partial charge in [0.25, 0.3) is 11.6 Å². The summed E-state index contributed by atoms with van der Waals surface area (Å²) < 4.78 is 13.1. The SMILES string of the molecule is CN1C(=O)[C@]2(N=C(N)NC(Nc3ccc(F)cc3)=N2)c2ccccc21. The minimum Gasteiger partial charge on any atom is -0.370 e. The molecule has 126 valence electrons. The summed E-state index contributed by atoms with van der Waals surface area (Å²) in [7, 11) is 1.67. The van der Waals surface area contributed by atoms with Gasteiger partial charge in [-0.3, -0.25) is 10.1 Å². The van der Waals surface area contributed by atoms with Gasteiger partial charge >= 0.3 is 0 Å². The van der Waals surface area contributed by atoms with E-state index in [1.54, 1.807) is 25.2 Å². The third-order valence-electron chi connectivity index (χ3n) is 4.15. The molecule has 4 rings (SSSR count). The maximum Gasteiger partial charge on any atom is 0.282 e. The largest absolute Gasteiger partial charge is 0.370 e. The van der Waals surface area contributed by atoms with Crippen molar-refractivity contribution in [2.24, 2.45) is 15.7 Å². The van der Waals surface area contributed by atoms with E-state index in [0.29, 0.717) is 11.3 Å². The predicted molar refractivity (Wildman–Crippen MR) is 93.7 cm³/mol. The number of nitrogens with zero attached hydrogens (tertiary/aromatic N) is 3. The van der Waals surface area contributed by atoms with Gasteiger partial charge in [-0.1, -0.05) is 18.2 Å². The number of guanidine groups is 2. The number of nitrogens with two attached hydrogens (primary N) is 1. The van der Waals surface area contributed by atoms with Gasteiger partial charge in [0.05, 0.1) is 5.69 Å². The fourth-order valence-electron chi connectivity index (χ4n) is 3.00. The molecular formula is C17H15FN6O. The van der Waals surface area contributed by atoms with Crippen LogP contribution in [0.3, 0.4) is 0 Å². The van der Waals surface area contributed by atoms with E-state index in [1.807, 2.05) is 18.2 Å². The number of aliphatic imine (C=N–C) groups is 2. The summed E-state index contributed by atoms with van der Waals surface area (Å²) in [5, 5.41) is 5.80. The first-order valence-corrected chi connectivity index (χ1v) is 7.62. The molecule has 0 unspecified atom stereocenters. The molecular weight excluding hydrogens is 323 g/mol. The van der Waals surface area contributed by atoms with Crippen molar-refractivity contribution >= 4 is 29.2 Å². The van der Waals surface area contributed by atoms with Crippen LogP contribution in [0.15, 0.2) is 58.5 Å². The average Bonchev–Trinajstić information content (AvgIpc) is 2.79. The fourth-order valence-corrected chi connectivity index (χ4v) is 3.00. The molecule has 0 saturated heterocycles. The quantitative estimate of drug-likeness (QED) is 0.731. The number of benzene rings is 2. The molecule has 2 heterocycles. The van der Waals surface area contributed by atoms with Gasteiger partial charge in [0, 0.05) is 18.3 Å². The number of rotatable bonds is 1. The zero-order valence-corrected chi connectivity index (χ0v) is 13.3. The Bertz CT molecular complexity index is 923. The standard InChI is InChI=1S/C17H15FN6O/c1-24-13-5-3-2-4-12(13)17(14(24)25)22-15(19)21-16(23-17)20-11-8-6-10(18)7-9-11/h2-9H,1H3,(H4,19,20,21,22,23)/t17-/m0/s1. The smallest absolute Gasteiger partial charge is 0.282 e. The maximum absolute atomic E-state index is 13.1. The van der Waals surface area contributed by atoms with E-state index in [9.17, 15) is 9.18 Å². The number of nitrogens with one attached hydrogen (secondary N) is 2. The molecule has 0 radical (unpaired) electrons. The van der Waals surface area contributed by atoms with E-state index in [4.69, 9.17) is 5.73 Å². The van der Waals surface area contributed by atoms with Crippen molar-refractivity contribution in [1.29, 1.82) is 0 Å². The molecule has 0 saturated carbocycles. The van der Waals surface area contributed by atoms with E-state index in [1.165, 1.54) is 17.0 Å². The molecule has 2 aromatic carbocycles. The van der Waals surface area contributed by atoms with Gasteiger partial charge in [-0.25, -0.2) is 14.4 Å². The summed E-state index contributed by atoms with van der Waals surface area (Å²) in [6.45, 7) is 0. The molecule has 2 aliphatic rings. The number of para-hydroxylation sites is 1. The van der Waals surface area contributed by atoms with E-state index in [2.05, 4.69) is 20.6 Å². The topological polar surface area (TPSA) is 95.1 Å². The Balaban J connectivity index is 1.78. The number of fused-ring (bicyclic) bond motifs is 2. The van der Waals surface area contributed by atoms with Crippen molar-refractivity contribution < 1.29 is 9.18 Å². The molecule has 1 spiro atoms. The predicted octanol–water partition coefficient (Wildman–Crippen LogP) is 1.34. The van der Waals surface area contributed by atoms with Gasteiger partial charge in [0.1, 0.15) is 5.82 Å². The van der Waals surface area contributed by atoms with Crippen molar-refractivity contribution in [1.82, 2.24) is 5.32 Å². The first kappa shape index (κ1) is 15.1.